The van der Waals surface area contributed by atoms with Gasteiger partial charge >= 0.3 is 0 Å². The summed E-state index contributed by atoms with van der Waals surface area (Å²) in [6.07, 6.45) is 13.7. The average Bonchev–Trinajstić information content (AvgIpc) is 3.30. The van der Waals surface area contributed by atoms with Crippen LogP contribution in [0, 0.1) is 0 Å². The molecular weight excluding hydrogens is 558 g/mol. The van der Waals surface area contributed by atoms with Crippen LogP contribution in [0.15, 0.2) is 97.6 Å². The number of amidine groups is 1. The molecular formula is C33H45N7O2S. The maximum Gasteiger partial charge on any atom is 0.131 e. The van der Waals surface area contributed by atoms with Gasteiger partial charge in [0, 0.05) is 50.9 Å². The molecule has 0 bridgehead atoms. The smallest absolute Gasteiger partial charge is 0.131 e. The van der Waals surface area contributed by atoms with E-state index in [0.29, 0.717) is 6.54 Å². The lowest BCUT2D eigenvalue weighted by molar-refractivity contribution is 0.185. The van der Waals surface area contributed by atoms with Crippen molar-refractivity contribution >= 4 is 28.7 Å². The lowest BCUT2D eigenvalue weighted by atomic mass is 9.93. The van der Waals surface area contributed by atoms with Crippen molar-refractivity contribution in [2.24, 2.45) is 9.98 Å². The molecule has 3 N–H and O–H groups in total. The Kier molecular flexibility index (Phi) is 10.5. The largest absolute Gasteiger partial charge is 0.378 e. The zero-order chi connectivity index (χ0) is 30.3. The van der Waals surface area contributed by atoms with Crippen LogP contribution in [0.4, 0.5) is 5.69 Å². The van der Waals surface area contributed by atoms with Gasteiger partial charge in [0.05, 0.1) is 29.0 Å². The number of allylic oxidation sites excluding steroid dienone is 5. The zero-order valence-electron chi connectivity index (χ0n) is 25.8. The van der Waals surface area contributed by atoms with Crippen LogP contribution >= 0.6 is 0 Å². The highest BCUT2D eigenvalue weighted by Gasteiger charge is 2.26. The third-order valence-electron chi connectivity index (χ3n) is 8.41. The van der Waals surface area contributed by atoms with Crippen molar-refractivity contribution in [2.45, 2.75) is 50.8 Å². The number of aliphatic imine (C=N–C) groups is 2. The minimum Gasteiger partial charge on any atom is -0.378 e. The first-order valence-electron chi connectivity index (χ1n) is 15.3. The van der Waals surface area contributed by atoms with E-state index >= 15 is 0 Å². The van der Waals surface area contributed by atoms with Gasteiger partial charge in [0.1, 0.15) is 23.0 Å². The van der Waals surface area contributed by atoms with Gasteiger partial charge in [0.2, 0.25) is 0 Å². The van der Waals surface area contributed by atoms with E-state index in [-0.39, 0.29) is 6.04 Å². The summed E-state index contributed by atoms with van der Waals surface area (Å²) in [5.74, 6) is 0.814. The van der Waals surface area contributed by atoms with Crippen molar-refractivity contribution in [2.75, 3.05) is 58.2 Å². The summed E-state index contributed by atoms with van der Waals surface area (Å²) < 4.78 is 15.3. The number of nitrogens with zero attached hydrogens (tertiary/aromatic N) is 5. The normalized spacial score (nSPS) is 22.2. The van der Waals surface area contributed by atoms with E-state index in [1.807, 2.05) is 41.7 Å². The molecule has 1 aliphatic carbocycles. The highest BCUT2D eigenvalue weighted by atomic mass is 32.2. The van der Waals surface area contributed by atoms with Crippen LogP contribution in [0.2, 0.25) is 0 Å². The fraction of sp³-hybridized carbons (Fsp3) is 0.455. The standard InChI is InChI=1S/C33H45N7O2S/c1-24-10-11-28(25(2)37-31-8-5-6-9-32(31)43(42)40-15-7-16-40)29(30(22-24)33(41)34-4)13-17-38-18-20-39(21-19-38)27-12-14-35-26(3)36-23-27/h5-6,8-10,12-13,17,22-23,25,33-34,37,41H,7,11,14-16,18-21H2,1-4H3/b17-13+/t25-,33?,43?/m1/s1. The molecule has 0 amide bonds. The van der Waals surface area contributed by atoms with Gasteiger partial charge in [-0.3, -0.25) is 10.3 Å². The third-order valence-corrected chi connectivity index (χ3v) is 9.97. The van der Waals surface area contributed by atoms with Crippen molar-refractivity contribution in [1.82, 2.24) is 19.4 Å². The number of hydrogen-bond donors (Lipinski definition) is 3. The summed E-state index contributed by atoms with van der Waals surface area (Å²) >= 11 is 0. The van der Waals surface area contributed by atoms with Crippen molar-refractivity contribution in [1.29, 1.82) is 0 Å². The minimum atomic E-state index is -1.18. The molecule has 230 valence electrons. The van der Waals surface area contributed by atoms with Crippen LogP contribution in [0.5, 0.6) is 0 Å². The lowest BCUT2D eigenvalue weighted by Crippen LogP contribution is -2.43. The number of benzene rings is 1. The first kappa shape index (κ1) is 31.1. The van der Waals surface area contributed by atoms with Crippen LogP contribution in [0.25, 0.3) is 0 Å². The SMILES string of the molecule is CNC(O)C1=CC(C)=CCC([C@@H](C)Nc2ccccc2S(=O)N2CCC2)=C1/C=C/N1CCN(C2=CCN=C(C)N=C2)CC1. The van der Waals surface area contributed by atoms with E-state index in [9.17, 15) is 9.32 Å². The first-order chi connectivity index (χ1) is 20.8. The Bertz CT molecular complexity index is 1410. The summed E-state index contributed by atoms with van der Waals surface area (Å²) in [7, 11) is 0.590. The van der Waals surface area contributed by atoms with E-state index in [1.165, 1.54) is 5.57 Å². The highest BCUT2D eigenvalue weighted by Crippen LogP contribution is 2.32. The molecule has 2 fully saturated rings. The van der Waals surface area contributed by atoms with Crippen molar-refractivity contribution in [3.8, 4) is 0 Å². The van der Waals surface area contributed by atoms with E-state index < -0.39 is 17.2 Å². The molecule has 10 heteroatoms. The molecule has 0 radical (unpaired) electrons. The van der Waals surface area contributed by atoms with Crippen LogP contribution < -0.4 is 10.6 Å². The molecule has 1 aromatic rings. The lowest BCUT2D eigenvalue weighted by Gasteiger charge is -2.36. The molecule has 43 heavy (non-hydrogen) atoms. The van der Waals surface area contributed by atoms with Gasteiger partial charge in [-0.05, 0) is 82.3 Å². The molecule has 4 aliphatic rings. The Morgan fingerprint density at radius 1 is 1.07 bits per heavy atom. The maximum absolute atomic E-state index is 13.3. The van der Waals surface area contributed by atoms with Gasteiger partial charge in [-0.15, -0.1) is 0 Å². The molecule has 9 nitrogen and oxygen atoms in total. The fourth-order valence-corrected chi connectivity index (χ4v) is 7.02. The highest BCUT2D eigenvalue weighted by molar-refractivity contribution is 7.82. The Labute approximate surface area is 258 Å². The van der Waals surface area contributed by atoms with Crippen LogP contribution in [-0.2, 0) is 11.0 Å². The summed E-state index contributed by atoms with van der Waals surface area (Å²) in [5.41, 5.74) is 6.17. The molecule has 0 aromatic heterocycles. The molecule has 3 aliphatic heterocycles. The topological polar surface area (TPSA) is 95.8 Å². The van der Waals surface area contributed by atoms with Crippen molar-refractivity contribution in [3.63, 3.8) is 0 Å². The first-order valence-corrected chi connectivity index (χ1v) is 16.4. The van der Waals surface area contributed by atoms with Gasteiger partial charge in [0.15, 0.2) is 0 Å². The second kappa shape index (κ2) is 14.4. The Morgan fingerprint density at radius 3 is 2.56 bits per heavy atom. The summed E-state index contributed by atoms with van der Waals surface area (Å²) in [6.45, 7) is 12.1. The van der Waals surface area contributed by atoms with E-state index in [0.717, 1.165) is 90.9 Å². The number of aliphatic hydroxyl groups is 1. The number of likely N-dealkylation sites (N-methyl/N-ethyl adjacent to an activating group) is 1. The van der Waals surface area contributed by atoms with Gasteiger partial charge in [-0.2, -0.15) is 0 Å². The van der Waals surface area contributed by atoms with E-state index in [4.69, 9.17) is 0 Å². The molecule has 5 rings (SSSR count). The predicted octanol–water partition coefficient (Wildman–Crippen LogP) is 3.84. The molecule has 0 spiro atoms. The fourth-order valence-electron chi connectivity index (χ4n) is 5.64. The molecule has 1 aromatic carbocycles. The Balaban J connectivity index is 1.38. The number of anilines is 1. The monoisotopic (exact) mass is 603 g/mol. The number of rotatable bonds is 10. The predicted molar refractivity (Wildman–Crippen MR) is 178 cm³/mol. The van der Waals surface area contributed by atoms with Gasteiger partial charge in [0.25, 0.3) is 0 Å². The van der Waals surface area contributed by atoms with E-state index in [1.54, 1.807) is 7.05 Å². The molecule has 2 unspecified atom stereocenters. The summed E-state index contributed by atoms with van der Waals surface area (Å²) in [4.78, 5) is 14.4. The van der Waals surface area contributed by atoms with Crippen LogP contribution in [-0.4, -0.2) is 101 Å². The van der Waals surface area contributed by atoms with Crippen molar-refractivity contribution < 1.29 is 9.32 Å². The number of para-hydroxylation sites is 1. The van der Waals surface area contributed by atoms with Crippen molar-refractivity contribution in [3.05, 3.63) is 82.8 Å². The van der Waals surface area contributed by atoms with E-state index in [2.05, 4.69) is 74.8 Å². The Hall–Kier alpha value is -3.31. The average molecular weight is 604 g/mol. The van der Waals surface area contributed by atoms with Gasteiger partial charge in [-0.25, -0.2) is 13.5 Å². The number of nitrogens with one attached hydrogen (secondary N) is 2. The minimum absolute atomic E-state index is 0.0622. The maximum atomic E-state index is 13.3. The summed E-state index contributed by atoms with van der Waals surface area (Å²) in [6, 6.07) is 7.84. The van der Waals surface area contributed by atoms with Crippen LogP contribution in [0.3, 0.4) is 0 Å². The van der Waals surface area contributed by atoms with Gasteiger partial charge < -0.3 is 20.2 Å². The quantitative estimate of drug-likeness (QED) is 0.352. The second-order valence-electron chi connectivity index (χ2n) is 11.4. The number of piperazine rings is 1. The summed E-state index contributed by atoms with van der Waals surface area (Å²) in [5, 5.41) is 17.8. The second-order valence-corrected chi connectivity index (χ2v) is 12.8. The third kappa shape index (κ3) is 7.62. The van der Waals surface area contributed by atoms with Crippen LogP contribution in [0.1, 0.15) is 33.6 Å². The number of hydrogen-bond acceptors (Lipinski definition) is 8. The van der Waals surface area contributed by atoms with Gasteiger partial charge in [-0.1, -0.05) is 29.9 Å². The zero-order valence-corrected chi connectivity index (χ0v) is 26.6. The molecule has 3 atom stereocenters. The molecule has 0 saturated carbocycles. The molecule has 2 saturated heterocycles. The molecule has 3 heterocycles. The Morgan fingerprint density at radius 2 is 1.84 bits per heavy atom. The number of aliphatic hydroxyl groups excluding tert-OH is 1.